The third-order valence-corrected chi connectivity index (χ3v) is 3.62. The van der Waals surface area contributed by atoms with Gasteiger partial charge in [-0.05, 0) is 59.2 Å². The van der Waals surface area contributed by atoms with Crippen molar-refractivity contribution in [3.05, 3.63) is 39.7 Å². The number of carbonyl (C=O) groups excluding carboxylic acids is 2. The zero-order valence-electron chi connectivity index (χ0n) is 15.8. The number of nitrogens with one attached hydrogen (secondary N) is 1. The van der Waals surface area contributed by atoms with Crippen molar-refractivity contribution in [1.29, 1.82) is 0 Å². The first-order chi connectivity index (χ1) is 12.0. The fraction of sp³-hybridized carbons (Fsp3) is 0.421. The number of esters is 1. The first-order valence-electron chi connectivity index (χ1n) is 8.23. The van der Waals surface area contributed by atoms with Crippen LogP contribution in [0.1, 0.15) is 38.8 Å². The van der Waals surface area contributed by atoms with Crippen molar-refractivity contribution in [3.63, 3.8) is 0 Å². The minimum Gasteiger partial charge on any atom is -0.444 e. The summed E-state index contributed by atoms with van der Waals surface area (Å²) in [7, 11) is 0. The van der Waals surface area contributed by atoms with Gasteiger partial charge in [-0.15, -0.1) is 0 Å². The largest absolute Gasteiger partial charge is 0.444 e. The van der Waals surface area contributed by atoms with Gasteiger partial charge >= 0.3 is 17.7 Å². The molecule has 1 heterocycles. The van der Waals surface area contributed by atoms with E-state index in [-0.39, 0.29) is 5.75 Å². The van der Waals surface area contributed by atoms with E-state index in [1.165, 1.54) is 13.0 Å². The topological polar surface area (TPSA) is 94.8 Å². The molecule has 0 bridgehead atoms. The highest BCUT2D eigenvalue weighted by Gasteiger charge is 2.23. The fourth-order valence-corrected chi connectivity index (χ4v) is 2.35. The summed E-state index contributed by atoms with van der Waals surface area (Å²) in [5.74, 6) is -0.401. The SMILES string of the molecule is Cc1cc(=O)oc2c(C)c(OC(=O)[C@@H](C)NC(=O)OC(C)(C)C)ccc12. The van der Waals surface area contributed by atoms with Gasteiger partial charge in [-0.25, -0.2) is 14.4 Å². The number of hydrogen-bond donors (Lipinski definition) is 1. The number of aryl methyl sites for hydroxylation is 2. The maximum Gasteiger partial charge on any atom is 0.408 e. The van der Waals surface area contributed by atoms with Gasteiger partial charge in [-0.2, -0.15) is 0 Å². The van der Waals surface area contributed by atoms with Crippen molar-refractivity contribution in [2.45, 2.75) is 53.2 Å². The average Bonchev–Trinajstić information content (AvgIpc) is 2.48. The van der Waals surface area contributed by atoms with E-state index in [0.717, 1.165) is 10.9 Å². The van der Waals surface area contributed by atoms with Gasteiger partial charge in [0.05, 0.1) is 0 Å². The quantitative estimate of drug-likeness (QED) is 0.512. The molecular weight excluding hydrogens is 338 g/mol. The van der Waals surface area contributed by atoms with Gasteiger partial charge in [-0.3, -0.25) is 0 Å². The molecule has 0 fully saturated rings. The zero-order valence-corrected chi connectivity index (χ0v) is 15.8. The lowest BCUT2D eigenvalue weighted by Gasteiger charge is -2.21. The maximum absolute atomic E-state index is 12.3. The van der Waals surface area contributed by atoms with Crippen LogP contribution in [0.5, 0.6) is 5.75 Å². The highest BCUT2D eigenvalue weighted by molar-refractivity contribution is 5.87. The van der Waals surface area contributed by atoms with Gasteiger partial charge in [0, 0.05) is 17.0 Å². The molecule has 0 radical (unpaired) electrons. The van der Waals surface area contributed by atoms with E-state index in [4.69, 9.17) is 13.9 Å². The summed E-state index contributed by atoms with van der Waals surface area (Å²) in [6, 6.07) is 3.84. The summed E-state index contributed by atoms with van der Waals surface area (Å²) < 4.78 is 15.7. The molecule has 7 nitrogen and oxygen atoms in total. The van der Waals surface area contributed by atoms with Crippen LogP contribution in [0.3, 0.4) is 0 Å². The Labute approximate surface area is 151 Å². The van der Waals surface area contributed by atoms with Crippen molar-refractivity contribution in [2.24, 2.45) is 0 Å². The summed E-state index contributed by atoms with van der Waals surface area (Å²) in [6.07, 6.45) is -0.709. The molecule has 0 aliphatic carbocycles. The molecule has 0 saturated carbocycles. The lowest BCUT2D eigenvalue weighted by atomic mass is 10.1. The van der Waals surface area contributed by atoms with E-state index in [9.17, 15) is 14.4 Å². The highest BCUT2D eigenvalue weighted by Crippen LogP contribution is 2.28. The first kappa shape index (κ1) is 19.5. The average molecular weight is 361 g/mol. The molecule has 1 amide bonds. The Bertz CT molecular complexity index is 907. The number of carbonyl (C=O) groups is 2. The van der Waals surface area contributed by atoms with E-state index >= 15 is 0 Å². The van der Waals surface area contributed by atoms with E-state index in [1.54, 1.807) is 46.8 Å². The van der Waals surface area contributed by atoms with E-state index < -0.39 is 29.3 Å². The Morgan fingerprint density at radius 2 is 1.85 bits per heavy atom. The van der Waals surface area contributed by atoms with Crippen LogP contribution in [0.2, 0.25) is 0 Å². The van der Waals surface area contributed by atoms with Gasteiger partial charge in [0.25, 0.3) is 0 Å². The van der Waals surface area contributed by atoms with Gasteiger partial charge in [0.1, 0.15) is 23.0 Å². The van der Waals surface area contributed by atoms with Gasteiger partial charge < -0.3 is 19.2 Å². The lowest BCUT2D eigenvalue weighted by molar-refractivity contribution is -0.136. The van der Waals surface area contributed by atoms with Crippen LogP contribution in [-0.2, 0) is 9.53 Å². The minimum absolute atomic E-state index is 0.258. The predicted molar refractivity (Wildman–Crippen MR) is 96.4 cm³/mol. The first-order valence-corrected chi connectivity index (χ1v) is 8.23. The molecule has 0 saturated heterocycles. The third kappa shape index (κ3) is 4.62. The molecule has 0 unspecified atom stereocenters. The molecule has 1 aromatic heterocycles. The maximum atomic E-state index is 12.3. The summed E-state index contributed by atoms with van der Waals surface area (Å²) in [5, 5.41) is 3.19. The summed E-state index contributed by atoms with van der Waals surface area (Å²) in [4.78, 5) is 35.6. The minimum atomic E-state index is -0.913. The smallest absolute Gasteiger partial charge is 0.408 e. The van der Waals surface area contributed by atoms with Crippen molar-refractivity contribution in [1.82, 2.24) is 5.32 Å². The standard InChI is InChI=1S/C19H23NO6/c1-10-9-15(21)25-16-11(2)14(8-7-13(10)16)24-17(22)12(3)20-18(23)26-19(4,5)6/h7-9,12H,1-6H3,(H,20,23)/t12-/m1/s1. The van der Waals surface area contributed by atoms with Crippen molar-refractivity contribution in [2.75, 3.05) is 0 Å². The number of rotatable bonds is 3. The monoisotopic (exact) mass is 361 g/mol. The molecule has 1 N–H and O–H groups in total. The lowest BCUT2D eigenvalue weighted by Crippen LogP contribution is -2.43. The number of benzene rings is 1. The van der Waals surface area contributed by atoms with Crippen LogP contribution < -0.4 is 15.7 Å². The van der Waals surface area contributed by atoms with Crippen LogP contribution in [0.25, 0.3) is 11.0 Å². The molecule has 2 rings (SSSR count). The van der Waals surface area contributed by atoms with E-state index in [2.05, 4.69) is 5.32 Å². The van der Waals surface area contributed by atoms with Crippen LogP contribution in [0.4, 0.5) is 4.79 Å². The molecule has 1 aromatic carbocycles. The number of amides is 1. The highest BCUT2D eigenvalue weighted by atomic mass is 16.6. The van der Waals surface area contributed by atoms with Crippen molar-refractivity contribution >= 4 is 23.0 Å². The summed E-state index contributed by atoms with van der Waals surface area (Å²) in [5.41, 5.74) is 0.533. The molecule has 140 valence electrons. The number of alkyl carbamates (subject to hydrolysis) is 1. The number of ether oxygens (including phenoxy) is 2. The third-order valence-electron chi connectivity index (χ3n) is 3.62. The van der Waals surface area contributed by atoms with Gasteiger partial charge in [-0.1, -0.05) is 0 Å². The van der Waals surface area contributed by atoms with Crippen LogP contribution in [0.15, 0.2) is 27.4 Å². The molecule has 2 aromatic rings. The summed E-state index contributed by atoms with van der Waals surface area (Å²) in [6.45, 7) is 10.2. The summed E-state index contributed by atoms with van der Waals surface area (Å²) >= 11 is 0. The second-order valence-corrected chi connectivity index (χ2v) is 7.10. The van der Waals surface area contributed by atoms with E-state index in [1.807, 2.05) is 0 Å². The van der Waals surface area contributed by atoms with Crippen LogP contribution in [0, 0.1) is 13.8 Å². The number of fused-ring (bicyclic) bond motifs is 1. The molecule has 0 spiro atoms. The molecule has 26 heavy (non-hydrogen) atoms. The Hall–Kier alpha value is -2.83. The normalized spacial score (nSPS) is 12.5. The Morgan fingerprint density at radius 1 is 1.19 bits per heavy atom. The Kier molecular flexibility index (Phi) is 5.39. The van der Waals surface area contributed by atoms with Crippen molar-refractivity contribution in [3.8, 4) is 5.75 Å². The molecule has 7 heteroatoms. The second-order valence-electron chi connectivity index (χ2n) is 7.10. The number of hydrogen-bond acceptors (Lipinski definition) is 6. The van der Waals surface area contributed by atoms with Gasteiger partial charge in [0.2, 0.25) is 0 Å². The molecule has 1 atom stereocenters. The molecule has 0 aliphatic rings. The predicted octanol–water partition coefficient (Wildman–Crippen LogP) is 3.23. The van der Waals surface area contributed by atoms with Gasteiger partial charge in [0.15, 0.2) is 0 Å². The second kappa shape index (κ2) is 7.19. The molecular formula is C19H23NO6. The van der Waals surface area contributed by atoms with Crippen LogP contribution in [-0.4, -0.2) is 23.7 Å². The van der Waals surface area contributed by atoms with E-state index in [0.29, 0.717) is 11.1 Å². The van der Waals surface area contributed by atoms with Crippen molar-refractivity contribution < 1.29 is 23.5 Å². The van der Waals surface area contributed by atoms with Crippen LogP contribution >= 0.6 is 0 Å². The fourth-order valence-electron chi connectivity index (χ4n) is 2.35. The molecule has 0 aliphatic heterocycles. The Morgan fingerprint density at radius 3 is 2.46 bits per heavy atom. The Balaban J connectivity index is 2.17. The zero-order chi connectivity index (χ0) is 19.6.